The fourth-order valence-electron chi connectivity index (χ4n) is 3.53. The van der Waals surface area contributed by atoms with E-state index in [1.165, 1.54) is 18.4 Å². The fourth-order valence-corrected chi connectivity index (χ4v) is 3.53. The van der Waals surface area contributed by atoms with E-state index in [-0.39, 0.29) is 12.2 Å². The molecule has 0 fully saturated rings. The summed E-state index contributed by atoms with van der Waals surface area (Å²) < 4.78 is 7.93. The number of ether oxygens (including phenoxy) is 1. The Morgan fingerprint density at radius 2 is 2.06 bits per heavy atom. The van der Waals surface area contributed by atoms with E-state index in [0.29, 0.717) is 11.3 Å². The average molecular weight is 425 g/mol. The number of nitrogens with two attached hydrogens (primary N) is 2. The van der Waals surface area contributed by atoms with Crippen molar-refractivity contribution in [3.8, 4) is 16.9 Å². The summed E-state index contributed by atoms with van der Waals surface area (Å²) in [6.45, 7) is 4.03. The first-order chi connectivity index (χ1) is 15.5. The standard InChI is InChI=1S/C25H23N5O2/c1-16(20(25(27)31)5-3-9-26)15-32-24-13-19(11-22-21(24)6-4-10-28-22)17-7-8-18-14-29-30(2)23(18)12-17/h3-14H,1,15,26H2,2H3,(H2,27,31)/b9-3-,20-5+. The molecule has 1 amide bonds. The first-order valence-corrected chi connectivity index (χ1v) is 9.98. The Morgan fingerprint density at radius 3 is 2.84 bits per heavy atom. The average Bonchev–Trinajstić information content (AvgIpc) is 3.17. The van der Waals surface area contributed by atoms with Crippen molar-refractivity contribution >= 4 is 27.7 Å². The Morgan fingerprint density at radius 1 is 1.22 bits per heavy atom. The van der Waals surface area contributed by atoms with Crippen LogP contribution in [0.1, 0.15) is 0 Å². The Labute approximate surface area is 185 Å². The van der Waals surface area contributed by atoms with Crippen LogP contribution in [0.15, 0.2) is 90.9 Å². The summed E-state index contributed by atoms with van der Waals surface area (Å²) in [7, 11) is 1.91. The van der Waals surface area contributed by atoms with Crippen molar-refractivity contribution in [2.24, 2.45) is 18.5 Å². The summed E-state index contributed by atoms with van der Waals surface area (Å²) in [5.74, 6) is 0.0384. The van der Waals surface area contributed by atoms with Crippen LogP contribution in [0.2, 0.25) is 0 Å². The molecule has 0 saturated heterocycles. The van der Waals surface area contributed by atoms with Crippen molar-refractivity contribution in [1.29, 1.82) is 0 Å². The SMILES string of the molecule is C=C(COc1cc(-c2ccc3cnn(C)c3c2)cc2ncccc12)/C(=C\C=C/N)C(N)=O. The second-order valence-electron chi connectivity index (χ2n) is 7.31. The highest BCUT2D eigenvalue weighted by molar-refractivity contribution is 5.97. The summed E-state index contributed by atoms with van der Waals surface area (Å²) in [4.78, 5) is 16.3. The van der Waals surface area contributed by atoms with E-state index in [0.717, 1.165) is 32.9 Å². The van der Waals surface area contributed by atoms with E-state index in [9.17, 15) is 4.79 Å². The summed E-state index contributed by atoms with van der Waals surface area (Å²) in [5.41, 5.74) is 15.3. The van der Waals surface area contributed by atoms with Gasteiger partial charge < -0.3 is 16.2 Å². The van der Waals surface area contributed by atoms with Gasteiger partial charge in [-0.15, -0.1) is 0 Å². The molecule has 4 N–H and O–H groups in total. The molecule has 0 atom stereocenters. The molecule has 0 unspecified atom stereocenters. The number of primary amides is 1. The molecule has 2 aromatic heterocycles. The number of nitrogens with zero attached hydrogens (tertiary/aromatic N) is 3. The molecule has 4 rings (SSSR count). The molecule has 0 spiro atoms. The summed E-state index contributed by atoms with van der Waals surface area (Å²) in [6.07, 6.45) is 7.95. The lowest BCUT2D eigenvalue weighted by atomic mass is 10.0. The molecule has 0 aliphatic heterocycles. The molecule has 160 valence electrons. The van der Waals surface area contributed by atoms with Crippen molar-refractivity contribution < 1.29 is 9.53 Å². The highest BCUT2D eigenvalue weighted by atomic mass is 16.5. The van der Waals surface area contributed by atoms with Crippen molar-refractivity contribution in [3.05, 3.63) is 90.9 Å². The molecule has 2 aromatic carbocycles. The predicted molar refractivity (Wildman–Crippen MR) is 127 cm³/mol. The van der Waals surface area contributed by atoms with Gasteiger partial charge in [-0.05, 0) is 65.4 Å². The minimum atomic E-state index is -0.596. The van der Waals surface area contributed by atoms with Crippen LogP contribution in [0.3, 0.4) is 0 Å². The maximum atomic E-state index is 11.8. The number of benzene rings is 2. The number of hydrogen-bond acceptors (Lipinski definition) is 5. The number of rotatable bonds is 7. The van der Waals surface area contributed by atoms with E-state index in [2.05, 4.69) is 22.7 Å². The molecule has 32 heavy (non-hydrogen) atoms. The fraction of sp³-hybridized carbons (Fsp3) is 0.0800. The van der Waals surface area contributed by atoms with Gasteiger partial charge in [-0.2, -0.15) is 5.10 Å². The molecular formula is C25H23N5O2. The van der Waals surface area contributed by atoms with Gasteiger partial charge in [0.25, 0.3) is 0 Å². The van der Waals surface area contributed by atoms with Gasteiger partial charge in [0.2, 0.25) is 5.91 Å². The zero-order chi connectivity index (χ0) is 22.7. The Balaban J connectivity index is 1.71. The van der Waals surface area contributed by atoms with E-state index < -0.39 is 5.91 Å². The number of allylic oxidation sites excluding steroid dienone is 2. The third-order valence-corrected chi connectivity index (χ3v) is 5.19. The number of carbonyl (C=O) groups excluding carboxylic acids is 1. The topological polar surface area (TPSA) is 109 Å². The molecule has 0 aliphatic rings. The molecule has 7 nitrogen and oxygen atoms in total. The normalized spacial score (nSPS) is 12.0. The van der Waals surface area contributed by atoms with Crippen LogP contribution < -0.4 is 16.2 Å². The van der Waals surface area contributed by atoms with Crippen molar-refractivity contribution in [1.82, 2.24) is 14.8 Å². The van der Waals surface area contributed by atoms with Crippen LogP contribution in [0.25, 0.3) is 32.9 Å². The van der Waals surface area contributed by atoms with Gasteiger partial charge in [0, 0.05) is 29.6 Å². The zero-order valence-electron chi connectivity index (χ0n) is 17.7. The first-order valence-electron chi connectivity index (χ1n) is 9.98. The smallest absolute Gasteiger partial charge is 0.249 e. The Kier molecular flexibility index (Phi) is 5.72. The second kappa shape index (κ2) is 8.77. The van der Waals surface area contributed by atoms with Gasteiger partial charge in [-0.25, -0.2) is 0 Å². The number of carbonyl (C=O) groups is 1. The monoisotopic (exact) mass is 425 g/mol. The van der Waals surface area contributed by atoms with E-state index in [1.807, 2.05) is 54.3 Å². The molecule has 7 heteroatoms. The number of amides is 1. The number of pyridine rings is 1. The molecule has 0 bridgehead atoms. The van der Waals surface area contributed by atoms with Crippen molar-refractivity contribution in [3.63, 3.8) is 0 Å². The minimum Gasteiger partial charge on any atom is -0.488 e. The number of aromatic nitrogens is 3. The van der Waals surface area contributed by atoms with Crippen molar-refractivity contribution in [2.45, 2.75) is 0 Å². The molecule has 0 radical (unpaired) electrons. The van der Waals surface area contributed by atoms with Gasteiger partial charge >= 0.3 is 0 Å². The van der Waals surface area contributed by atoms with E-state index in [1.54, 1.807) is 6.20 Å². The van der Waals surface area contributed by atoms with Crippen LogP contribution in [0.5, 0.6) is 5.75 Å². The van der Waals surface area contributed by atoms with Gasteiger partial charge in [0.15, 0.2) is 0 Å². The highest BCUT2D eigenvalue weighted by Gasteiger charge is 2.13. The summed E-state index contributed by atoms with van der Waals surface area (Å²) in [6, 6.07) is 13.9. The summed E-state index contributed by atoms with van der Waals surface area (Å²) >= 11 is 0. The first kappa shape index (κ1) is 20.9. The quantitative estimate of drug-likeness (QED) is 0.347. The van der Waals surface area contributed by atoms with Gasteiger partial charge in [0.1, 0.15) is 12.4 Å². The van der Waals surface area contributed by atoms with Gasteiger partial charge in [-0.1, -0.05) is 18.7 Å². The molecule has 0 aliphatic carbocycles. The molecular weight excluding hydrogens is 402 g/mol. The third kappa shape index (κ3) is 4.09. The van der Waals surface area contributed by atoms with Crippen molar-refractivity contribution in [2.75, 3.05) is 6.61 Å². The molecule has 2 heterocycles. The molecule has 0 saturated carbocycles. The van der Waals surface area contributed by atoms with Crippen LogP contribution in [0, 0.1) is 0 Å². The Hall–Kier alpha value is -4.39. The number of fused-ring (bicyclic) bond motifs is 2. The maximum Gasteiger partial charge on any atom is 0.249 e. The largest absolute Gasteiger partial charge is 0.488 e. The predicted octanol–water partition coefficient (Wildman–Crippen LogP) is 3.61. The third-order valence-electron chi connectivity index (χ3n) is 5.19. The highest BCUT2D eigenvalue weighted by Crippen LogP contribution is 2.33. The van der Waals surface area contributed by atoms with Crippen LogP contribution in [0.4, 0.5) is 0 Å². The second-order valence-corrected chi connectivity index (χ2v) is 7.31. The van der Waals surface area contributed by atoms with Crippen LogP contribution >= 0.6 is 0 Å². The Bertz CT molecular complexity index is 1400. The van der Waals surface area contributed by atoms with Crippen LogP contribution in [-0.4, -0.2) is 27.3 Å². The van der Waals surface area contributed by atoms with Gasteiger partial charge in [0.05, 0.1) is 17.2 Å². The lowest BCUT2D eigenvalue weighted by Crippen LogP contribution is -2.18. The minimum absolute atomic E-state index is 0.0847. The lowest BCUT2D eigenvalue weighted by Gasteiger charge is -2.14. The van der Waals surface area contributed by atoms with Crippen LogP contribution in [-0.2, 0) is 11.8 Å². The van der Waals surface area contributed by atoms with E-state index >= 15 is 0 Å². The maximum absolute atomic E-state index is 11.8. The lowest BCUT2D eigenvalue weighted by molar-refractivity contribution is -0.114. The number of aryl methyl sites for hydroxylation is 1. The zero-order valence-corrected chi connectivity index (χ0v) is 17.7. The van der Waals surface area contributed by atoms with E-state index in [4.69, 9.17) is 16.2 Å². The molecule has 4 aromatic rings. The summed E-state index contributed by atoms with van der Waals surface area (Å²) in [5, 5.41) is 6.24. The number of hydrogen-bond donors (Lipinski definition) is 2. The van der Waals surface area contributed by atoms with Gasteiger partial charge in [-0.3, -0.25) is 14.5 Å².